The molecule has 0 unspecified atom stereocenters. The normalized spacial score (nSPS) is 15.4. The van der Waals surface area contributed by atoms with Crippen LogP contribution in [0.4, 0.5) is 0 Å². The summed E-state index contributed by atoms with van der Waals surface area (Å²) in [5.74, 6) is -0.108. The fraction of sp³-hybridized carbons (Fsp3) is 0.308. The van der Waals surface area contributed by atoms with Gasteiger partial charge in [0.15, 0.2) is 0 Å². The van der Waals surface area contributed by atoms with Gasteiger partial charge in [-0.15, -0.1) is 0 Å². The van der Waals surface area contributed by atoms with Gasteiger partial charge in [-0.05, 0) is 24.5 Å². The number of piperidine rings is 1. The molecule has 0 atom stereocenters. The number of hydrogen-bond acceptors (Lipinski definition) is 3. The van der Waals surface area contributed by atoms with E-state index in [4.69, 9.17) is 0 Å². The summed E-state index contributed by atoms with van der Waals surface area (Å²) in [6, 6.07) is 18.5. The first-order valence-corrected chi connectivity index (χ1v) is 11.2. The first-order valence-electron chi connectivity index (χ1n) is 11.2. The Balaban J connectivity index is 1.37. The number of aryl methyl sites for hydroxylation is 2. The van der Waals surface area contributed by atoms with Crippen LogP contribution in [0, 0.1) is 0 Å². The molecule has 2 aromatic carbocycles. The summed E-state index contributed by atoms with van der Waals surface area (Å²) >= 11 is 0. The van der Waals surface area contributed by atoms with Crippen LogP contribution in [0.2, 0.25) is 0 Å². The standard InChI is InChI=1S/C26H28N4O2/c1-28-17-21(23-20-10-6-7-11-22(20)29(2)24(23)26(28)32)25(31)27-19-12-14-30(15-13-19)16-18-8-4-3-5-9-18/h3-11,17,19H,12-16H2,1-2H3,(H,27,31). The minimum atomic E-state index is -0.108. The van der Waals surface area contributed by atoms with Crippen LogP contribution in [-0.4, -0.2) is 39.1 Å². The second-order valence-corrected chi connectivity index (χ2v) is 8.77. The lowest BCUT2D eigenvalue weighted by molar-refractivity contribution is 0.0910. The Morgan fingerprint density at radius 3 is 2.44 bits per heavy atom. The Morgan fingerprint density at radius 2 is 1.69 bits per heavy atom. The fourth-order valence-electron chi connectivity index (χ4n) is 4.91. The minimum Gasteiger partial charge on any atom is -0.349 e. The van der Waals surface area contributed by atoms with E-state index in [0.717, 1.165) is 48.8 Å². The van der Waals surface area contributed by atoms with E-state index in [1.165, 1.54) is 10.1 Å². The fourth-order valence-corrected chi connectivity index (χ4v) is 4.91. The molecule has 3 heterocycles. The second-order valence-electron chi connectivity index (χ2n) is 8.77. The topological polar surface area (TPSA) is 59.3 Å². The van der Waals surface area contributed by atoms with Crippen LogP contribution in [0.1, 0.15) is 28.8 Å². The molecule has 1 amide bonds. The maximum Gasteiger partial charge on any atom is 0.274 e. The van der Waals surface area contributed by atoms with Crippen molar-refractivity contribution in [3.8, 4) is 0 Å². The number of amides is 1. The first-order chi connectivity index (χ1) is 15.5. The Bertz CT molecular complexity index is 1350. The average Bonchev–Trinajstić information content (AvgIpc) is 3.11. The quantitative estimate of drug-likeness (QED) is 0.542. The number of para-hydroxylation sites is 1. The molecule has 164 valence electrons. The summed E-state index contributed by atoms with van der Waals surface area (Å²) < 4.78 is 3.41. The summed E-state index contributed by atoms with van der Waals surface area (Å²) in [4.78, 5) is 28.7. The van der Waals surface area contributed by atoms with Gasteiger partial charge in [0, 0.05) is 62.3 Å². The predicted molar refractivity (Wildman–Crippen MR) is 128 cm³/mol. The largest absolute Gasteiger partial charge is 0.349 e. The van der Waals surface area contributed by atoms with E-state index in [1.807, 2.05) is 41.9 Å². The van der Waals surface area contributed by atoms with Crippen molar-refractivity contribution in [3.05, 3.63) is 82.3 Å². The maximum absolute atomic E-state index is 13.4. The van der Waals surface area contributed by atoms with Gasteiger partial charge in [0.25, 0.3) is 11.5 Å². The number of pyridine rings is 1. The third-order valence-corrected chi connectivity index (χ3v) is 6.64. The van der Waals surface area contributed by atoms with Crippen LogP contribution in [0.25, 0.3) is 21.8 Å². The van der Waals surface area contributed by atoms with Crippen LogP contribution in [0.5, 0.6) is 0 Å². The van der Waals surface area contributed by atoms with E-state index in [9.17, 15) is 9.59 Å². The number of fused-ring (bicyclic) bond motifs is 3. The van der Waals surface area contributed by atoms with Crippen molar-refractivity contribution >= 4 is 27.7 Å². The summed E-state index contributed by atoms with van der Waals surface area (Å²) in [6.45, 7) is 2.85. The number of carbonyl (C=O) groups is 1. The highest BCUT2D eigenvalue weighted by molar-refractivity contribution is 6.17. The van der Waals surface area contributed by atoms with Crippen LogP contribution < -0.4 is 10.9 Å². The molecular formula is C26H28N4O2. The second kappa shape index (κ2) is 8.28. The summed E-state index contributed by atoms with van der Waals surface area (Å²) in [6.07, 6.45) is 3.52. The average molecular weight is 429 g/mol. The molecule has 0 bridgehead atoms. The van der Waals surface area contributed by atoms with Gasteiger partial charge in [-0.1, -0.05) is 48.5 Å². The van der Waals surface area contributed by atoms with Crippen molar-refractivity contribution in [2.24, 2.45) is 14.1 Å². The number of nitrogens with zero attached hydrogens (tertiary/aromatic N) is 3. The molecule has 1 saturated heterocycles. The SMILES string of the molecule is Cn1cc(C(=O)NC2CCN(Cc3ccccc3)CC2)c2c3ccccc3n(C)c2c1=O. The number of likely N-dealkylation sites (tertiary alicyclic amines) is 1. The van der Waals surface area contributed by atoms with Crippen molar-refractivity contribution in [2.75, 3.05) is 13.1 Å². The maximum atomic E-state index is 13.4. The highest BCUT2D eigenvalue weighted by Gasteiger charge is 2.24. The molecule has 1 N–H and O–H groups in total. The lowest BCUT2D eigenvalue weighted by atomic mass is 10.0. The van der Waals surface area contributed by atoms with Gasteiger partial charge >= 0.3 is 0 Å². The molecule has 1 aliphatic heterocycles. The van der Waals surface area contributed by atoms with Gasteiger partial charge in [0.05, 0.1) is 5.56 Å². The molecule has 5 rings (SSSR count). The van der Waals surface area contributed by atoms with Crippen LogP contribution >= 0.6 is 0 Å². The molecule has 6 heteroatoms. The monoisotopic (exact) mass is 428 g/mol. The zero-order valence-corrected chi connectivity index (χ0v) is 18.5. The van der Waals surface area contributed by atoms with Crippen molar-refractivity contribution in [3.63, 3.8) is 0 Å². The highest BCUT2D eigenvalue weighted by atomic mass is 16.2. The summed E-state index contributed by atoms with van der Waals surface area (Å²) in [7, 11) is 3.59. The molecular weight excluding hydrogens is 400 g/mol. The molecule has 4 aromatic rings. The highest BCUT2D eigenvalue weighted by Crippen LogP contribution is 2.29. The number of rotatable bonds is 4. The lowest BCUT2D eigenvalue weighted by Gasteiger charge is -2.32. The van der Waals surface area contributed by atoms with Crippen molar-refractivity contribution in [1.82, 2.24) is 19.4 Å². The van der Waals surface area contributed by atoms with E-state index in [1.54, 1.807) is 13.2 Å². The van der Waals surface area contributed by atoms with E-state index < -0.39 is 0 Å². The molecule has 32 heavy (non-hydrogen) atoms. The Morgan fingerprint density at radius 1 is 1.00 bits per heavy atom. The van der Waals surface area contributed by atoms with Gasteiger partial charge in [-0.3, -0.25) is 14.5 Å². The molecule has 0 radical (unpaired) electrons. The van der Waals surface area contributed by atoms with Crippen LogP contribution in [0.15, 0.2) is 65.6 Å². The molecule has 2 aromatic heterocycles. The van der Waals surface area contributed by atoms with Gasteiger partial charge < -0.3 is 14.5 Å². The van der Waals surface area contributed by atoms with Gasteiger partial charge in [-0.25, -0.2) is 0 Å². The number of hydrogen-bond donors (Lipinski definition) is 1. The van der Waals surface area contributed by atoms with E-state index >= 15 is 0 Å². The van der Waals surface area contributed by atoms with Crippen LogP contribution in [0.3, 0.4) is 0 Å². The van der Waals surface area contributed by atoms with Crippen molar-refractivity contribution in [2.45, 2.75) is 25.4 Å². The Kier molecular flexibility index (Phi) is 5.31. The number of carbonyl (C=O) groups excluding carboxylic acids is 1. The van der Waals surface area contributed by atoms with Crippen molar-refractivity contribution in [1.29, 1.82) is 0 Å². The van der Waals surface area contributed by atoms with Gasteiger partial charge in [0.1, 0.15) is 5.52 Å². The molecule has 0 saturated carbocycles. The lowest BCUT2D eigenvalue weighted by Crippen LogP contribution is -2.44. The van der Waals surface area contributed by atoms with Gasteiger partial charge in [0.2, 0.25) is 0 Å². The zero-order valence-electron chi connectivity index (χ0n) is 18.5. The van der Waals surface area contributed by atoms with E-state index in [0.29, 0.717) is 11.1 Å². The van der Waals surface area contributed by atoms with E-state index in [2.05, 4.69) is 34.5 Å². The summed E-state index contributed by atoms with van der Waals surface area (Å²) in [5, 5.41) is 4.92. The van der Waals surface area contributed by atoms with E-state index in [-0.39, 0.29) is 17.5 Å². The third kappa shape index (κ3) is 3.60. The van der Waals surface area contributed by atoms with Crippen molar-refractivity contribution < 1.29 is 4.79 Å². The van der Waals surface area contributed by atoms with Crippen LogP contribution in [-0.2, 0) is 20.6 Å². The molecule has 6 nitrogen and oxygen atoms in total. The molecule has 1 fully saturated rings. The molecule has 0 spiro atoms. The Labute approximate surface area is 187 Å². The number of nitrogens with one attached hydrogen (secondary N) is 1. The molecule has 1 aliphatic rings. The number of benzene rings is 2. The predicted octanol–water partition coefficient (Wildman–Crippen LogP) is 3.42. The number of aromatic nitrogens is 2. The Hall–Kier alpha value is -3.38. The summed E-state index contributed by atoms with van der Waals surface area (Å²) in [5.41, 5.74) is 3.31. The zero-order chi connectivity index (χ0) is 22.2. The third-order valence-electron chi connectivity index (χ3n) is 6.64. The minimum absolute atomic E-state index is 0.0931. The van der Waals surface area contributed by atoms with Gasteiger partial charge in [-0.2, -0.15) is 0 Å². The molecule has 0 aliphatic carbocycles. The smallest absolute Gasteiger partial charge is 0.274 e. The first kappa shape index (κ1) is 20.5.